The Morgan fingerprint density at radius 3 is 2.62 bits per heavy atom. The van der Waals surface area contributed by atoms with Crippen molar-refractivity contribution >= 4 is 58.1 Å². The van der Waals surface area contributed by atoms with Gasteiger partial charge in [0.1, 0.15) is 17.3 Å². The van der Waals surface area contributed by atoms with Crippen LogP contribution in [0.15, 0.2) is 75.1 Å². The number of rotatable bonds is 4. The van der Waals surface area contributed by atoms with Crippen LogP contribution in [0.4, 0.5) is 4.39 Å². The summed E-state index contributed by atoms with van der Waals surface area (Å²) in [7, 11) is 0. The number of hydrogen-bond acceptors (Lipinski definition) is 5. The van der Waals surface area contributed by atoms with Gasteiger partial charge in [-0.2, -0.15) is 10.1 Å². The number of carbonyl (C=O) groups is 1. The molecule has 0 aliphatic carbocycles. The van der Waals surface area contributed by atoms with E-state index in [0.29, 0.717) is 31.3 Å². The fourth-order valence-electron chi connectivity index (χ4n) is 2.61. The minimum Gasteiger partial charge on any atom is -0.455 e. The van der Waals surface area contributed by atoms with Crippen LogP contribution in [0.25, 0.3) is 17.4 Å². The van der Waals surface area contributed by atoms with Gasteiger partial charge in [0.05, 0.1) is 16.1 Å². The Labute approximate surface area is 180 Å². The number of hydrogen-bond donors (Lipinski definition) is 0. The third-order valence-electron chi connectivity index (χ3n) is 4.01. The first-order valence-electron chi connectivity index (χ1n) is 8.43. The molecule has 2 heterocycles. The number of amides is 1. The molecule has 4 nitrogen and oxygen atoms in total. The lowest BCUT2D eigenvalue weighted by molar-refractivity contribution is -0.122. The molecule has 1 fully saturated rings. The van der Waals surface area contributed by atoms with Gasteiger partial charge in [0.15, 0.2) is 4.32 Å². The Hall–Kier alpha value is -2.74. The molecule has 0 atom stereocenters. The third kappa shape index (κ3) is 4.32. The molecule has 1 amide bonds. The lowest BCUT2D eigenvalue weighted by Crippen LogP contribution is -2.22. The van der Waals surface area contributed by atoms with E-state index in [0.717, 1.165) is 22.3 Å². The Kier molecular flexibility index (Phi) is 5.62. The summed E-state index contributed by atoms with van der Waals surface area (Å²) in [5.41, 5.74) is 1.47. The van der Waals surface area contributed by atoms with Gasteiger partial charge in [-0.3, -0.25) is 4.79 Å². The molecule has 1 aliphatic heterocycles. The molecule has 4 rings (SSSR count). The molecule has 0 bridgehead atoms. The highest BCUT2D eigenvalue weighted by Crippen LogP contribution is 2.33. The van der Waals surface area contributed by atoms with Crippen LogP contribution in [-0.4, -0.2) is 21.5 Å². The minimum absolute atomic E-state index is 0.303. The van der Waals surface area contributed by atoms with Crippen LogP contribution >= 0.6 is 35.6 Å². The summed E-state index contributed by atoms with van der Waals surface area (Å²) in [5.74, 6) is 0.363. The van der Waals surface area contributed by atoms with Crippen molar-refractivity contribution in [3.63, 3.8) is 0 Å². The van der Waals surface area contributed by atoms with Crippen molar-refractivity contribution in [3.8, 4) is 11.3 Å². The Balaban J connectivity index is 1.52. The number of furan rings is 1. The predicted molar refractivity (Wildman–Crippen MR) is 118 cm³/mol. The van der Waals surface area contributed by atoms with E-state index in [2.05, 4.69) is 5.10 Å². The highest BCUT2D eigenvalue weighted by Gasteiger charge is 2.32. The van der Waals surface area contributed by atoms with Crippen LogP contribution in [0.3, 0.4) is 0 Å². The first-order chi connectivity index (χ1) is 14.0. The maximum Gasteiger partial charge on any atom is 0.286 e. The van der Waals surface area contributed by atoms with Crippen molar-refractivity contribution < 1.29 is 13.6 Å². The van der Waals surface area contributed by atoms with Gasteiger partial charge >= 0.3 is 0 Å². The predicted octanol–water partition coefficient (Wildman–Crippen LogP) is 5.97. The highest BCUT2D eigenvalue weighted by molar-refractivity contribution is 8.26. The van der Waals surface area contributed by atoms with E-state index in [9.17, 15) is 9.18 Å². The SMILES string of the molecule is O=C1/C(=C\c2ccc(F)cc2)SC(=S)N1/N=C\c1ccc(-c2ccccc2Cl)o1. The molecular weight excluding hydrogens is 431 g/mol. The second kappa shape index (κ2) is 8.32. The summed E-state index contributed by atoms with van der Waals surface area (Å²) >= 11 is 12.6. The standard InChI is InChI=1S/C21H12ClFN2O2S2/c22-17-4-2-1-3-16(17)18-10-9-15(27-18)12-24-25-20(26)19(29-21(25)28)11-13-5-7-14(23)8-6-13/h1-12H/b19-11+,24-12-. The van der Waals surface area contributed by atoms with E-state index >= 15 is 0 Å². The number of halogens is 2. The Morgan fingerprint density at radius 1 is 1.10 bits per heavy atom. The second-order valence-corrected chi connectivity index (χ2v) is 8.05. The molecular formula is C21H12ClFN2O2S2. The van der Waals surface area contributed by atoms with Crippen LogP contribution < -0.4 is 0 Å². The summed E-state index contributed by atoms with van der Waals surface area (Å²) in [6.45, 7) is 0. The van der Waals surface area contributed by atoms with E-state index in [1.54, 1.807) is 36.4 Å². The molecule has 0 saturated carbocycles. The first kappa shape index (κ1) is 19.6. The van der Waals surface area contributed by atoms with Crippen molar-refractivity contribution in [1.29, 1.82) is 0 Å². The van der Waals surface area contributed by atoms with Crippen molar-refractivity contribution in [2.24, 2.45) is 5.10 Å². The lowest BCUT2D eigenvalue weighted by atomic mass is 10.2. The fourth-order valence-corrected chi connectivity index (χ4v) is 4.01. The van der Waals surface area contributed by atoms with Crippen LogP contribution in [0.5, 0.6) is 0 Å². The summed E-state index contributed by atoms with van der Waals surface area (Å²) in [4.78, 5) is 13.0. The lowest BCUT2D eigenvalue weighted by Gasteiger charge is -2.05. The van der Waals surface area contributed by atoms with E-state index in [-0.39, 0.29) is 11.7 Å². The number of carbonyl (C=O) groups excluding carboxylic acids is 1. The molecule has 0 radical (unpaired) electrons. The number of thiocarbonyl (C=S) groups is 1. The van der Waals surface area contributed by atoms with E-state index in [1.807, 2.05) is 18.2 Å². The monoisotopic (exact) mass is 442 g/mol. The van der Waals surface area contributed by atoms with Gasteiger partial charge in [-0.25, -0.2) is 4.39 Å². The smallest absolute Gasteiger partial charge is 0.286 e. The summed E-state index contributed by atoms with van der Waals surface area (Å²) < 4.78 is 19.1. The zero-order valence-electron chi connectivity index (χ0n) is 14.7. The zero-order chi connectivity index (χ0) is 20.4. The molecule has 1 saturated heterocycles. The molecule has 0 unspecified atom stereocenters. The molecule has 0 N–H and O–H groups in total. The number of thioether (sulfide) groups is 1. The Morgan fingerprint density at radius 2 is 1.86 bits per heavy atom. The van der Waals surface area contributed by atoms with Crippen molar-refractivity contribution in [1.82, 2.24) is 5.01 Å². The van der Waals surface area contributed by atoms with Gasteiger partial charge in [0, 0.05) is 5.56 Å². The molecule has 0 spiro atoms. The number of hydrazone groups is 1. The van der Waals surface area contributed by atoms with Crippen LogP contribution in [0.1, 0.15) is 11.3 Å². The molecule has 8 heteroatoms. The fraction of sp³-hybridized carbons (Fsp3) is 0. The summed E-state index contributed by atoms with van der Waals surface area (Å²) in [6, 6.07) is 16.7. The third-order valence-corrected chi connectivity index (χ3v) is 5.62. The largest absolute Gasteiger partial charge is 0.455 e. The topological polar surface area (TPSA) is 45.8 Å². The first-order valence-corrected chi connectivity index (χ1v) is 10.0. The van der Waals surface area contributed by atoms with Crippen molar-refractivity contribution in [3.05, 3.63) is 87.7 Å². The minimum atomic E-state index is -0.349. The quantitative estimate of drug-likeness (QED) is 0.283. The normalized spacial score (nSPS) is 15.8. The van der Waals surface area contributed by atoms with Gasteiger partial charge < -0.3 is 4.42 Å². The van der Waals surface area contributed by atoms with Gasteiger partial charge in [0.2, 0.25) is 0 Å². The van der Waals surface area contributed by atoms with Crippen molar-refractivity contribution in [2.45, 2.75) is 0 Å². The molecule has 3 aromatic rings. The molecule has 29 heavy (non-hydrogen) atoms. The van der Waals surface area contributed by atoms with Gasteiger partial charge in [0.25, 0.3) is 5.91 Å². The second-order valence-electron chi connectivity index (χ2n) is 5.97. The maximum atomic E-state index is 13.0. The number of nitrogens with zero attached hydrogens (tertiary/aromatic N) is 2. The molecule has 144 valence electrons. The zero-order valence-corrected chi connectivity index (χ0v) is 17.1. The average molecular weight is 443 g/mol. The molecule has 1 aliphatic rings. The maximum absolute atomic E-state index is 13.0. The summed E-state index contributed by atoms with van der Waals surface area (Å²) in [5, 5.41) is 5.87. The van der Waals surface area contributed by atoms with Gasteiger partial charge in [-0.05, 0) is 60.3 Å². The number of benzene rings is 2. The van der Waals surface area contributed by atoms with E-state index in [1.165, 1.54) is 18.3 Å². The van der Waals surface area contributed by atoms with Gasteiger partial charge in [-0.15, -0.1) is 0 Å². The molecule has 2 aromatic carbocycles. The van der Waals surface area contributed by atoms with Crippen LogP contribution in [0.2, 0.25) is 5.02 Å². The average Bonchev–Trinajstić information content (AvgIpc) is 3.27. The van der Waals surface area contributed by atoms with E-state index in [4.69, 9.17) is 28.2 Å². The highest BCUT2D eigenvalue weighted by atomic mass is 35.5. The van der Waals surface area contributed by atoms with Crippen LogP contribution in [0, 0.1) is 5.82 Å². The van der Waals surface area contributed by atoms with E-state index < -0.39 is 0 Å². The van der Waals surface area contributed by atoms with Gasteiger partial charge in [-0.1, -0.05) is 47.6 Å². The van der Waals surface area contributed by atoms with Crippen molar-refractivity contribution in [2.75, 3.05) is 0 Å². The van der Waals surface area contributed by atoms with Crippen LogP contribution in [-0.2, 0) is 4.79 Å². The molecule has 1 aromatic heterocycles. The summed E-state index contributed by atoms with van der Waals surface area (Å²) in [6.07, 6.45) is 3.07. The Bertz CT molecular complexity index is 1160.